The van der Waals surface area contributed by atoms with Crippen LogP contribution in [0, 0.1) is 0 Å². The molecule has 2 heterocycles. The second-order valence-electron chi connectivity index (χ2n) is 6.40. The summed E-state index contributed by atoms with van der Waals surface area (Å²) in [5.74, 6) is 0.188. The Kier molecular flexibility index (Phi) is 4.78. The van der Waals surface area contributed by atoms with E-state index in [0.29, 0.717) is 29.2 Å². The number of rotatable bonds is 7. The summed E-state index contributed by atoms with van der Waals surface area (Å²) >= 11 is 0. The van der Waals surface area contributed by atoms with Crippen LogP contribution in [0.5, 0.6) is 0 Å². The Balaban J connectivity index is 1.67. The monoisotopic (exact) mass is 329 g/mol. The molecule has 1 aliphatic rings. The van der Waals surface area contributed by atoms with Crippen molar-refractivity contribution in [2.24, 2.45) is 0 Å². The van der Waals surface area contributed by atoms with E-state index in [1.54, 1.807) is 12.4 Å². The van der Waals surface area contributed by atoms with E-state index in [-0.39, 0.29) is 24.3 Å². The second kappa shape index (κ2) is 6.98. The number of aromatic amines is 1. The number of nitrogens with zero attached hydrogens (tertiary/aromatic N) is 2. The van der Waals surface area contributed by atoms with E-state index in [1.165, 1.54) is 0 Å². The Bertz CT molecular complexity index is 751. The Morgan fingerprint density at radius 1 is 1.42 bits per heavy atom. The van der Waals surface area contributed by atoms with Gasteiger partial charge in [0.15, 0.2) is 5.65 Å². The third kappa shape index (κ3) is 3.72. The Labute approximate surface area is 140 Å². The summed E-state index contributed by atoms with van der Waals surface area (Å²) in [6, 6.07) is -0.251. The fourth-order valence-corrected chi connectivity index (χ4v) is 2.62. The molecule has 0 bridgehead atoms. The molecule has 1 atom stereocenters. The van der Waals surface area contributed by atoms with Crippen LogP contribution in [-0.2, 0) is 4.79 Å². The number of hydrogen-bond acceptors (Lipinski definition) is 4. The van der Waals surface area contributed by atoms with Crippen LogP contribution in [0.1, 0.15) is 61.5 Å². The quantitative estimate of drug-likeness (QED) is 0.722. The van der Waals surface area contributed by atoms with Gasteiger partial charge >= 0.3 is 0 Å². The molecule has 128 valence electrons. The molecule has 1 unspecified atom stereocenters. The molecule has 1 saturated carbocycles. The number of H-pyrrole nitrogens is 1. The van der Waals surface area contributed by atoms with Crippen molar-refractivity contribution in [1.82, 2.24) is 25.6 Å². The van der Waals surface area contributed by atoms with Gasteiger partial charge in [-0.3, -0.25) is 9.59 Å². The van der Waals surface area contributed by atoms with Gasteiger partial charge in [-0.2, -0.15) is 0 Å². The van der Waals surface area contributed by atoms with Crippen LogP contribution >= 0.6 is 0 Å². The highest BCUT2D eigenvalue weighted by atomic mass is 16.2. The van der Waals surface area contributed by atoms with Crippen LogP contribution in [0.25, 0.3) is 11.2 Å². The van der Waals surface area contributed by atoms with E-state index in [1.807, 2.05) is 13.8 Å². The van der Waals surface area contributed by atoms with Gasteiger partial charge in [0.05, 0.1) is 17.5 Å². The zero-order chi connectivity index (χ0) is 17.1. The third-order valence-corrected chi connectivity index (χ3v) is 4.08. The normalized spacial score (nSPS) is 15.2. The average Bonchev–Trinajstić information content (AvgIpc) is 3.31. The fraction of sp³-hybridized carbons (Fsp3) is 0.529. The molecule has 1 aliphatic carbocycles. The van der Waals surface area contributed by atoms with Crippen molar-refractivity contribution in [3.8, 4) is 0 Å². The number of aromatic nitrogens is 3. The standard InChI is InChI=1S/C17H23N5O2/c1-3-6-18-14(23)7-10(2)21-17(24)12-8-19-16-15(12)22-13(9-20-16)11-4-5-11/h8-11H,3-7H2,1-2H3,(H,18,23)(H,19,20)(H,21,24). The molecule has 0 aromatic carbocycles. The molecule has 2 amide bonds. The lowest BCUT2D eigenvalue weighted by molar-refractivity contribution is -0.121. The van der Waals surface area contributed by atoms with E-state index in [9.17, 15) is 9.59 Å². The Morgan fingerprint density at radius 2 is 2.21 bits per heavy atom. The molecule has 0 saturated heterocycles. The van der Waals surface area contributed by atoms with Crippen molar-refractivity contribution in [2.45, 2.75) is 51.5 Å². The van der Waals surface area contributed by atoms with E-state index < -0.39 is 0 Å². The van der Waals surface area contributed by atoms with E-state index >= 15 is 0 Å². The first-order valence-electron chi connectivity index (χ1n) is 8.50. The lowest BCUT2D eigenvalue weighted by atomic mass is 10.2. The largest absolute Gasteiger partial charge is 0.356 e. The second-order valence-corrected chi connectivity index (χ2v) is 6.40. The van der Waals surface area contributed by atoms with Gasteiger partial charge < -0.3 is 15.6 Å². The minimum absolute atomic E-state index is 0.0561. The number of hydrogen-bond donors (Lipinski definition) is 3. The first-order valence-corrected chi connectivity index (χ1v) is 8.50. The molecule has 1 fully saturated rings. The van der Waals surface area contributed by atoms with Crippen molar-refractivity contribution in [1.29, 1.82) is 0 Å². The molecule has 3 rings (SSSR count). The summed E-state index contributed by atoms with van der Waals surface area (Å²) < 4.78 is 0. The Morgan fingerprint density at radius 3 is 2.92 bits per heavy atom. The van der Waals surface area contributed by atoms with Crippen molar-refractivity contribution >= 4 is 23.0 Å². The summed E-state index contributed by atoms with van der Waals surface area (Å²) in [5.41, 5.74) is 2.63. The molecule has 2 aromatic rings. The van der Waals surface area contributed by atoms with E-state index in [0.717, 1.165) is 25.0 Å². The first kappa shape index (κ1) is 16.4. The maximum absolute atomic E-state index is 12.5. The summed E-state index contributed by atoms with van der Waals surface area (Å²) in [4.78, 5) is 36.1. The van der Waals surface area contributed by atoms with E-state index in [2.05, 4.69) is 25.6 Å². The van der Waals surface area contributed by atoms with Gasteiger partial charge in [0.2, 0.25) is 5.91 Å². The van der Waals surface area contributed by atoms with Gasteiger partial charge in [-0.05, 0) is 26.2 Å². The van der Waals surface area contributed by atoms with Crippen LogP contribution < -0.4 is 10.6 Å². The topological polar surface area (TPSA) is 99.8 Å². The van der Waals surface area contributed by atoms with Crippen LogP contribution in [0.15, 0.2) is 12.4 Å². The smallest absolute Gasteiger partial charge is 0.255 e. The Hall–Kier alpha value is -2.44. The third-order valence-electron chi connectivity index (χ3n) is 4.08. The highest BCUT2D eigenvalue weighted by molar-refractivity contribution is 6.04. The van der Waals surface area contributed by atoms with E-state index in [4.69, 9.17) is 0 Å². The molecule has 0 aliphatic heterocycles. The lowest BCUT2D eigenvalue weighted by Gasteiger charge is -2.13. The van der Waals surface area contributed by atoms with Crippen LogP contribution in [0.4, 0.5) is 0 Å². The number of carbonyl (C=O) groups is 2. The summed E-state index contributed by atoms with van der Waals surface area (Å²) in [6.45, 7) is 4.47. The van der Waals surface area contributed by atoms with Gasteiger partial charge in [0.25, 0.3) is 5.91 Å². The highest BCUT2D eigenvalue weighted by Gasteiger charge is 2.26. The first-order chi connectivity index (χ1) is 11.6. The molecular weight excluding hydrogens is 306 g/mol. The van der Waals surface area contributed by atoms with Gasteiger partial charge in [0.1, 0.15) is 5.52 Å². The van der Waals surface area contributed by atoms with Crippen molar-refractivity contribution < 1.29 is 9.59 Å². The molecule has 7 heteroatoms. The number of fused-ring (bicyclic) bond motifs is 1. The van der Waals surface area contributed by atoms with Crippen LogP contribution in [0.3, 0.4) is 0 Å². The summed E-state index contributed by atoms with van der Waals surface area (Å²) in [5, 5.41) is 5.67. The maximum atomic E-state index is 12.5. The molecular formula is C17H23N5O2. The molecule has 0 radical (unpaired) electrons. The zero-order valence-corrected chi connectivity index (χ0v) is 14.1. The predicted molar refractivity (Wildman–Crippen MR) is 90.7 cm³/mol. The highest BCUT2D eigenvalue weighted by Crippen LogP contribution is 2.39. The van der Waals surface area contributed by atoms with Crippen molar-refractivity contribution in [2.75, 3.05) is 6.54 Å². The van der Waals surface area contributed by atoms with Crippen LogP contribution in [0.2, 0.25) is 0 Å². The predicted octanol–water partition coefficient (Wildman–Crippen LogP) is 1.87. The summed E-state index contributed by atoms with van der Waals surface area (Å²) in [7, 11) is 0. The van der Waals surface area contributed by atoms with Crippen LogP contribution in [-0.4, -0.2) is 39.4 Å². The van der Waals surface area contributed by atoms with Gasteiger partial charge in [-0.25, -0.2) is 9.97 Å². The SMILES string of the molecule is CCCNC(=O)CC(C)NC(=O)c1c[nH]c2ncc(C3CC3)nc12. The number of amides is 2. The number of nitrogens with one attached hydrogen (secondary N) is 3. The summed E-state index contributed by atoms with van der Waals surface area (Å²) in [6.07, 6.45) is 6.82. The zero-order valence-electron chi connectivity index (χ0n) is 14.1. The maximum Gasteiger partial charge on any atom is 0.255 e. The molecule has 2 aromatic heterocycles. The minimum Gasteiger partial charge on any atom is -0.356 e. The molecule has 7 nitrogen and oxygen atoms in total. The average molecular weight is 329 g/mol. The molecule has 0 spiro atoms. The van der Waals surface area contributed by atoms with Crippen molar-refractivity contribution in [3.63, 3.8) is 0 Å². The number of carbonyl (C=O) groups excluding carboxylic acids is 2. The fourth-order valence-electron chi connectivity index (χ4n) is 2.62. The lowest BCUT2D eigenvalue weighted by Crippen LogP contribution is -2.37. The molecule has 24 heavy (non-hydrogen) atoms. The van der Waals surface area contributed by atoms with Gasteiger partial charge in [-0.15, -0.1) is 0 Å². The molecule has 3 N–H and O–H groups in total. The van der Waals surface area contributed by atoms with Gasteiger partial charge in [0, 0.05) is 31.1 Å². The van der Waals surface area contributed by atoms with Crippen molar-refractivity contribution in [3.05, 3.63) is 23.7 Å². The minimum atomic E-state index is -0.251. The van der Waals surface area contributed by atoms with Gasteiger partial charge in [-0.1, -0.05) is 6.92 Å².